The first-order valence-electron chi connectivity index (χ1n) is 5.54. The SMILES string of the molecule is Cc1nc(NN)nc(N2CC(O)C(O)C2)c1[N+](=O)[O-]. The standard InChI is InChI=1S/C9H14N6O4/c1-4-7(15(18)19)8(12-9(11-4)13-10)14-2-5(16)6(17)3-14/h5-6,16-17H,2-3,10H2,1H3,(H,11,12,13). The Balaban J connectivity index is 2.48. The summed E-state index contributed by atoms with van der Waals surface area (Å²) >= 11 is 0. The zero-order chi connectivity index (χ0) is 14.2. The van der Waals surface area contributed by atoms with E-state index in [-0.39, 0.29) is 36.2 Å². The maximum Gasteiger partial charge on any atom is 0.332 e. The molecule has 10 heteroatoms. The third-order valence-electron chi connectivity index (χ3n) is 2.91. The summed E-state index contributed by atoms with van der Waals surface area (Å²) in [7, 11) is 0. The number of nitrogen functional groups attached to an aromatic ring is 1. The van der Waals surface area contributed by atoms with Gasteiger partial charge in [-0.3, -0.25) is 15.5 Å². The number of aliphatic hydroxyl groups excluding tert-OH is 2. The molecule has 2 heterocycles. The van der Waals surface area contributed by atoms with E-state index in [1.807, 2.05) is 0 Å². The van der Waals surface area contributed by atoms with Crippen LogP contribution in [0, 0.1) is 17.0 Å². The first-order valence-corrected chi connectivity index (χ1v) is 5.54. The number of nitrogens with one attached hydrogen (secondary N) is 1. The fraction of sp³-hybridized carbons (Fsp3) is 0.556. The minimum atomic E-state index is -0.968. The summed E-state index contributed by atoms with van der Waals surface area (Å²) in [6.07, 6.45) is -1.94. The highest BCUT2D eigenvalue weighted by Gasteiger charge is 2.35. The minimum Gasteiger partial charge on any atom is -0.389 e. The zero-order valence-corrected chi connectivity index (χ0v) is 10.1. The van der Waals surface area contributed by atoms with Gasteiger partial charge in [0, 0.05) is 13.1 Å². The summed E-state index contributed by atoms with van der Waals surface area (Å²) in [5, 5.41) is 30.1. The molecule has 0 amide bonds. The number of β-amino-alcohol motifs (C(OH)–C–C–N with tert-alkyl or cyclic N) is 2. The third kappa shape index (κ3) is 2.41. The van der Waals surface area contributed by atoms with Crippen LogP contribution >= 0.6 is 0 Å². The van der Waals surface area contributed by atoms with Gasteiger partial charge in [-0.15, -0.1) is 0 Å². The molecule has 0 aromatic carbocycles. The van der Waals surface area contributed by atoms with Crippen LogP contribution in [0.4, 0.5) is 17.5 Å². The van der Waals surface area contributed by atoms with E-state index in [0.29, 0.717) is 0 Å². The van der Waals surface area contributed by atoms with Crippen LogP contribution in [0.2, 0.25) is 0 Å². The van der Waals surface area contributed by atoms with Crippen LogP contribution in [0.3, 0.4) is 0 Å². The lowest BCUT2D eigenvalue weighted by molar-refractivity contribution is -0.385. The molecule has 2 atom stereocenters. The molecule has 0 saturated carbocycles. The summed E-state index contributed by atoms with van der Waals surface area (Å²) in [5.74, 6) is 5.27. The van der Waals surface area contributed by atoms with Crippen LogP contribution in [-0.2, 0) is 0 Å². The van der Waals surface area contributed by atoms with Gasteiger partial charge in [0.15, 0.2) is 0 Å². The predicted octanol–water partition coefficient (Wildman–Crippen LogP) is -1.48. The Morgan fingerprint density at radius 1 is 1.42 bits per heavy atom. The van der Waals surface area contributed by atoms with Crippen LogP contribution in [0.15, 0.2) is 0 Å². The van der Waals surface area contributed by atoms with Crippen molar-refractivity contribution in [1.29, 1.82) is 0 Å². The van der Waals surface area contributed by atoms with Gasteiger partial charge in [-0.2, -0.15) is 4.98 Å². The van der Waals surface area contributed by atoms with Gasteiger partial charge in [0.05, 0.1) is 17.1 Å². The molecule has 2 unspecified atom stereocenters. The van der Waals surface area contributed by atoms with Gasteiger partial charge in [0.1, 0.15) is 5.69 Å². The fourth-order valence-electron chi connectivity index (χ4n) is 1.99. The number of aliphatic hydroxyl groups is 2. The quantitative estimate of drug-likeness (QED) is 0.293. The number of hydrogen-bond donors (Lipinski definition) is 4. The molecular weight excluding hydrogens is 256 g/mol. The maximum absolute atomic E-state index is 11.1. The van der Waals surface area contributed by atoms with Gasteiger partial charge in [-0.1, -0.05) is 0 Å². The summed E-state index contributed by atoms with van der Waals surface area (Å²) in [4.78, 5) is 19.7. The Hall–Kier alpha value is -2.04. The highest BCUT2D eigenvalue weighted by atomic mass is 16.6. The number of anilines is 2. The molecule has 0 radical (unpaired) electrons. The van der Waals surface area contributed by atoms with Gasteiger partial charge in [-0.25, -0.2) is 10.8 Å². The van der Waals surface area contributed by atoms with Crippen molar-refractivity contribution in [2.75, 3.05) is 23.4 Å². The van der Waals surface area contributed by atoms with E-state index >= 15 is 0 Å². The second-order valence-corrected chi connectivity index (χ2v) is 4.25. The number of aryl methyl sites for hydroxylation is 1. The molecule has 1 saturated heterocycles. The molecule has 19 heavy (non-hydrogen) atoms. The third-order valence-corrected chi connectivity index (χ3v) is 2.91. The molecule has 5 N–H and O–H groups in total. The molecule has 1 fully saturated rings. The average molecular weight is 270 g/mol. The van der Waals surface area contributed by atoms with Crippen molar-refractivity contribution in [2.24, 2.45) is 5.84 Å². The van der Waals surface area contributed by atoms with E-state index in [2.05, 4.69) is 15.4 Å². The molecule has 1 aliphatic heterocycles. The highest BCUT2D eigenvalue weighted by molar-refractivity contribution is 5.63. The average Bonchev–Trinajstić information content (AvgIpc) is 2.68. The number of hydrazine groups is 1. The van der Waals surface area contributed by atoms with Crippen molar-refractivity contribution in [2.45, 2.75) is 19.1 Å². The Morgan fingerprint density at radius 3 is 2.47 bits per heavy atom. The predicted molar refractivity (Wildman–Crippen MR) is 65.5 cm³/mol. The first kappa shape index (κ1) is 13.4. The van der Waals surface area contributed by atoms with Crippen LogP contribution in [0.5, 0.6) is 0 Å². The van der Waals surface area contributed by atoms with E-state index in [1.165, 1.54) is 11.8 Å². The molecule has 10 nitrogen and oxygen atoms in total. The summed E-state index contributed by atoms with van der Waals surface area (Å²) in [6, 6.07) is 0. The lowest BCUT2D eigenvalue weighted by Crippen LogP contribution is -2.25. The molecule has 1 aromatic heterocycles. The van der Waals surface area contributed by atoms with Crippen molar-refractivity contribution in [3.05, 3.63) is 15.8 Å². The molecule has 2 rings (SSSR count). The largest absolute Gasteiger partial charge is 0.389 e. The Kier molecular flexibility index (Phi) is 3.46. The Labute approximate surface area is 108 Å². The van der Waals surface area contributed by atoms with E-state index in [9.17, 15) is 20.3 Å². The number of nitrogens with two attached hydrogens (primary N) is 1. The number of nitrogens with zero attached hydrogens (tertiary/aromatic N) is 4. The van der Waals surface area contributed by atoms with E-state index < -0.39 is 17.1 Å². The van der Waals surface area contributed by atoms with E-state index in [1.54, 1.807) is 0 Å². The monoisotopic (exact) mass is 270 g/mol. The topological polar surface area (TPSA) is 151 Å². The molecule has 0 spiro atoms. The maximum atomic E-state index is 11.1. The summed E-state index contributed by atoms with van der Waals surface area (Å²) in [5.41, 5.74) is 2.11. The molecule has 104 valence electrons. The van der Waals surface area contributed by atoms with Gasteiger partial charge < -0.3 is 15.1 Å². The number of hydrogen-bond acceptors (Lipinski definition) is 9. The second-order valence-electron chi connectivity index (χ2n) is 4.25. The Bertz CT molecular complexity index is 500. The Morgan fingerprint density at radius 2 is 2.00 bits per heavy atom. The van der Waals surface area contributed by atoms with Crippen LogP contribution < -0.4 is 16.2 Å². The number of rotatable bonds is 3. The van der Waals surface area contributed by atoms with Crippen molar-refractivity contribution in [1.82, 2.24) is 9.97 Å². The van der Waals surface area contributed by atoms with E-state index in [4.69, 9.17) is 5.84 Å². The lowest BCUT2D eigenvalue weighted by Gasteiger charge is -2.17. The summed E-state index contributed by atoms with van der Waals surface area (Å²) < 4.78 is 0. The highest BCUT2D eigenvalue weighted by Crippen LogP contribution is 2.31. The van der Waals surface area contributed by atoms with Crippen molar-refractivity contribution >= 4 is 17.5 Å². The molecule has 0 bridgehead atoms. The fourth-order valence-corrected chi connectivity index (χ4v) is 1.99. The first-order chi connectivity index (χ1) is 8.93. The van der Waals surface area contributed by atoms with Crippen molar-refractivity contribution in [3.63, 3.8) is 0 Å². The lowest BCUT2D eigenvalue weighted by atomic mass is 10.3. The van der Waals surface area contributed by atoms with Crippen molar-refractivity contribution < 1.29 is 15.1 Å². The molecule has 1 aliphatic rings. The molecule has 0 aliphatic carbocycles. The summed E-state index contributed by atoms with van der Waals surface area (Å²) in [6.45, 7) is 1.58. The minimum absolute atomic E-state index is 0.0288. The van der Waals surface area contributed by atoms with E-state index in [0.717, 1.165) is 0 Å². The second kappa shape index (κ2) is 4.91. The van der Waals surface area contributed by atoms with Gasteiger partial charge >= 0.3 is 5.69 Å². The molecular formula is C9H14N6O4. The van der Waals surface area contributed by atoms with Gasteiger partial charge in [0.2, 0.25) is 11.8 Å². The normalized spacial score (nSPS) is 22.6. The molecule has 1 aromatic rings. The van der Waals surface area contributed by atoms with Crippen LogP contribution in [-0.4, -0.2) is 50.4 Å². The smallest absolute Gasteiger partial charge is 0.332 e. The van der Waals surface area contributed by atoms with Crippen molar-refractivity contribution in [3.8, 4) is 0 Å². The number of aromatic nitrogens is 2. The van der Waals surface area contributed by atoms with Gasteiger partial charge in [0.25, 0.3) is 0 Å². The van der Waals surface area contributed by atoms with Gasteiger partial charge in [-0.05, 0) is 6.92 Å². The number of nitro groups is 1. The van der Waals surface area contributed by atoms with Crippen LogP contribution in [0.25, 0.3) is 0 Å². The van der Waals surface area contributed by atoms with Crippen LogP contribution in [0.1, 0.15) is 5.69 Å². The zero-order valence-electron chi connectivity index (χ0n) is 10.1.